The first-order valence-corrected chi connectivity index (χ1v) is 6.78. The third-order valence-corrected chi connectivity index (χ3v) is 3.65. The van der Waals surface area contributed by atoms with Gasteiger partial charge in [-0.05, 0) is 38.0 Å². The second-order valence-corrected chi connectivity index (χ2v) is 5.77. The fourth-order valence-corrected chi connectivity index (χ4v) is 2.45. The number of rotatable bonds is 4. The summed E-state index contributed by atoms with van der Waals surface area (Å²) in [7, 11) is 0. The molecule has 0 aliphatic carbocycles. The molecule has 0 spiro atoms. The normalized spacial score (nSPS) is 12.4. The number of hydrogen-bond acceptors (Lipinski definition) is 4. The third-order valence-electron chi connectivity index (χ3n) is 2.76. The van der Waals surface area contributed by atoms with Crippen LogP contribution in [0.25, 0.3) is 0 Å². The Balaban J connectivity index is 2.05. The van der Waals surface area contributed by atoms with Gasteiger partial charge >= 0.3 is 0 Å². The first-order valence-electron chi connectivity index (χ1n) is 5.96. The van der Waals surface area contributed by atoms with Crippen molar-refractivity contribution in [1.82, 2.24) is 4.98 Å². The molecule has 0 aliphatic rings. The summed E-state index contributed by atoms with van der Waals surface area (Å²) >= 11 is 1.66. The van der Waals surface area contributed by atoms with E-state index in [2.05, 4.69) is 11.1 Å². The van der Waals surface area contributed by atoms with Gasteiger partial charge in [0.05, 0.1) is 9.88 Å². The zero-order valence-corrected chi connectivity index (χ0v) is 11.8. The van der Waals surface area contributed by atoms with Crippen LogP contribution >= 0.6 is 11.3 Å². The Bertz CT molecular complexity index is 534. The predicted molar refractivity (Wildman–Crippen MR) is 75.0 cm³/mol. The molecule has 0 radical (unpaired) electrons. The van der Waals surface area contributed by atoms with E-state index in [1.165, 1.54) is 0 Å². The molecule has 0 saturated heterocycles. The molecule has 0 bridgehead atoms. The van der Waals surface area contributed by atoms with Crippen LogP contribution in [-0.2, 0) is 6.61 Å². The van der Waals surface area contributed by atoms with E-state index < -0.39 is 0 Å². The van der Waals surface area contributed by atoms with E-state index in [4.69, 9.17) is 10.5 Å². The summed E-state index contributed by atoms with van der Waals surface area (Å²) in [6.07, 6.45) is 1.87. The van der Waals surface area contributed by atoms with E-state index in [9.17, 15) is 0 Å². The lowest BCUT2D eigenvalue weighted by Crippen LogP contribution is -2.05. The van der Waals surface area contributed by atoms with Gasteiger partial charge < -0.3 is 10.5 Å². The van der Waals surface area contributed by atoms with Crippen molar-refractivity contribution < 1.29 is 4.74 Å². The van der Waals surface area contributed by atoms with Crippen molar-refractivity contribution in [3.63, 3.8) is 0 Å². The minimum Gasteiger partial charge on any atom is -0.488 e. The number of aryl methyl sites for hydroxylation is 2. The van der Waals surface area contributed by atoms with Gasteiger partial charge in [-0.25, -0.2) is 4.98 Å². The highest BCUT2D eigenvalue weighted by Crippen LogP contribution is 2.23. The lowest BCUT2D eigenvalue weighted by molar-refractivity contribution is 0.307. The summed E-state index contributed by atoms with van der Waals surface area (Å²) in [6, 6.07) is 6.15. The van der Waals surface area contributed by atoms with Crippen LogP contribution in [0.4, 0.5) is 0 Å². The van der Waals surface area contributed by atoms with Crippen molar-refractivity contribution in [2.24, 2.45) is 5.73 Å². The first-order chi connectivity index (χ1) is 8.56. The van der Waals surface area contributed by atoms with Crippen LogP contribution in [0.1, 0.15) is 34.0 Å². The minimum atomic E-state index is 0.0573. The molecule has 0 fully saturated rings. The van der Waals surface area contributed by atoms with E-state index >= 15 is 0 Å². The average molecular weight is 262 g/mol. The standard InChI is InChI=1S/C14H18N2OS/c1-9-6-12(10(2)15)4-5-14(9)17-8-13-7-16-11(3)18-13/h4-7,10H,8,15H2,1-3H3. The van der Waals surface area contributed by atoms with Gasteiger partial charge in [0.15, 0.2) is 0 Å². The van der Waals surface area contributed by atoms with Crippen LogP contribution in [0.2, 0.25) is 0 Å². The van der Waals surface area contributed by atoms with E-state index in [1.54, 1.807) is 11.3 Å². The molecule has 0 amide bonds. The van der Waals surface area contributed by atoms with Crippen molar-refractivity contribution in [3.05, 3.63) is 45.4 Å². The number of nitrogens with two attached hydrogens (primary N) is 1. The SMILES string of the molecule is Cc1ncc(COc2ccc(C(C)N)cc2C)s1. The largest absolute Gasteiger partial charge is 0.488 e. The van der Waals surface area contributed by atoms with Crippen molar-refractivity contribution in [3.8, 4) is 5.75 Å². The predicted octanol–water partition coefficient (Wildman–Crippen LogP) is 3.36. The van der Waals surface area contributed by atoms with Crippen LogP contribution in [0.5, 0.6) is 5.75 Å². The Kier molecular flexibility index (Phi) is 3.99. The maximum Gasteiger partial charge on any atom is 0.124 e. The molecule has 1 heterocycles. The monoisotopic (exact) mass is 262 g/mol. The molecular weight excluding hydrogens is 244 g/mol. The second kappa shape index (κ2) is 5.50. The minimum absolute atomic E-state index is 0.0573. The summed E-state index contributed by atoms with van der Waals surface area (Å²) in [6.45, 7) is 6.59. The number of nitrogens with zero attached hydrogens (tertiary/aromatic N) is 1. The highest BCUT2D eigenvalue weighted by atomic mass is 32.1. The number of benzene rings is 1. The molecule has 18 heavy (non-hydrogen) atoms. The van der Waals surface area contributed by atoms with Gasteiger partial charge in [0, 0.05) is 12.2 Å². The highest BCUT2D eigenvalue weighted by molar-refractivity contribution is 7.11. The molecule has 2 aromatic rings. The van der Waals surface area contributed by atoms with Crippen LogP contribution < -0.4 is 10.5 Å². The van der Waals surface area contributed by atoms with E-state index in [-0.39, 0.29) is 6.04 Å². The molecule has 1 aromatic carbocycles. The van der Waals surface area contributed by atoms with Crippen LogP contribution in [0.3, 0.4) is 0 Å². The molecule has 2 rings (SSSR count). The smallest absolute Gasteiger partial charge is 0.124 e. The highest BCUT2D eigenvalue weighted by Gasteiger charge is 2.05. The van der Waals surface area contributed by atoms with Crippen LogP contribution in [0, 0.1) is 13.8 Å². The summed E-state index contributed by atoms with van der Waals surface area (Å²) in [5, 5.41) is 1.07. The van der Waals surface area contributed by atoms with Crippen molar-refractivity contribution in [1.29, 1.82) is 0 Å². The summed E-state index contributed by atoms with van der Waals surface area (Å²) in [4.78, 5) is 5.35. The average Bonchev–Trinajstić information content (AvgIpc) is 2.73. The van der Waals surface area contributed by atoms with Gasteiger partial charge in [-0.2, -0.15) is 0 Å². The number of thiazole rings is 1. The Morgan fingerprint density at radius 1 is 1.39 bits per heavy atom. The fourth-order valence-electron chi connectivity index (χ4n) is 1.74. The molecule has 0 aliphatic heterocycles. The maximum atomic E-state index is 5.85. The zero-order chi connectivity index (χ0) is 13.1. The van der Waals surface area contributed by atoms with E-state index in [0.717, 1.165) is 26.8 Å². The number of hydrogen-bond donors (Lipinski definition) is 1. The van der Waals surface area contributed by atoms with E-state index in [1.807, 2.05) is 39.1 Å². The molecular formula is C14H18N2OS. The van der Waals surface area contributed by atoms with Crippen LogP contribution in [0.15, 0.2) is 24.4 Å². The van der Waals surface area contributed by atoms with Gasteiger partial charge in [-0.1, -0.05) is 12.1 Å². The molecule has 1 aromatic heterocycles. The molecule has 3 nitrogen and oxygen atoms in total. The molecule has 4 heteroatoms. The maximum absolute atomic E-state index is 5.85. The summed E-state index contributed by atoms with van der Waals surface area (Å²) in [5.74, 6) is 0.908. The zero-order valence-electron chi connectivity index (χ0n) is 10.9. The van der Waals surface area contributed by atoms with Gasteiger partial charge in [0.25, 0.3) is 0 Å². The molecule has 96 valence electrons. The molecule has 1 unspecified atom stereocenters. The fraction of sp³-hybridized carbons (Fsp3) is 0.357. The number of ether oxygens (including phenoxy) is 1. The lowest BCUT2D eigenvalue weighted by atomic mass is 10.1. The molecule has 1 atom stereocenters. The topological polar surface area (TPSA) is 48.1 Å². The van der Waals surface area contributed by atoms with Gasteiger partial charge in [0.1, 0.15) is 12.4 Å². The van der Waals surface area contributed by atoms with Gasteiger partial charge in [-0.15, -0.1) is 11.3 Å². The Morgan fingerprint density at radius 3 is 2.72 bits per heavy atom. The van der Waals surface area contributed by atoms with Gasteiger partial charge in [0.2, 0.25) is 0 Å². The van der Waals surface area contributed by atoms with Gasteiger partial charge in [-0.3, -0.25) is 0 Å². The number of aromatic nitrogens is 1. The molecule has 2 N–H and O–H groups in total. The summed E-state index contributed by atoms with van der Waals surface area (Å²) in [5.41, 5.74) is 8.10. The Hall–Kier alpha value is -1.39. The quantitative estimate of drug-likeness (QED) is 0.919. The molecule has 0 saturated carbocycles. The lowest BCUT2D eigenvalue weighted by Gasteiger charge is -2.11. The Morgan fingerprint density at radius 2 is 2.17 bits per heavy atom. The van der Waals surface area contributed by atoms with Crippen LogP contribution in [-0.4, -0.2) is 4.98 Å². The van der Waals surface area contributed by atoms with E-state index in [0.29, 0.717) is 6.61 Å². The van der Waals surface area contributed by atoms with Crippen molar-refractivity contribution >= 4 is 11.3 Å². The first kappa shape index (κ1) is 13.1. The van der Waals surface area contributed by atoms with Crippen molar-refractivity contribution in [2.75, 3.05) is 0 Å². The summed E-state index contributed by atoms with van der Waals surface area (Å²) < 4.78 is 5.80. The second-order valence-electron chi connectivity index (χ2n) is 4.45. The third kappa shape index (κ3) is 3.09. The van der Waals surface area contributed by atoms with Crippen molar-refractivity contribution in [2.45, 2.75) is 33.4 Å². The Labute approximate surface area is 112 Å².